The summed E-state index contributed by atoms with van der Waals surface area (Å²) < 4.78 is 1.55. The van der Waals surface area contributed by atoms with Gasteiger partial charge in [0, 0.05) is 30.4 Å². The number of rotatable bonds is 3. The first-order chi connectivity index (χ1) is 8.56. The number of hydrogen-bond donors (Lipinski definition) is 1. The van der Waals surface area contributed by atoms with E-state index in [0.717, 1.165) is 16.3 Å². The molecular weight excluding hydrogens is 248 g/mol. The molecule has 4 heteroatoms. The lowest BCUT2D eigenvalue weighted by molar-refractivity contribution is 0.840. The number of benzene rings is 1. The van der Waals surface area contributed by atoms with Gasteiger partial charge in [0.15, 0.2) is 0 Å². The SMILES string of the molecule is CC(Nc1ccc(=O)n(C)c1)c1cccc(Cl)c1. The molecule has 1 atom stereocenters. The second-order valence-electron chi connectivity index (χ2n) is 4.29. The molecule has 0 amide bonds. The van der Waals surface area contributed by atoms with Gasteiger partial charge in [0.25, 0.3) is 0 Å². The van der Waals surface area contributed by atoms with Gasteiger partial charge < -0.3 is 9.88 Å². The average Bonchev–Trinajstić information content (AvgIpc) is 2.34. The molecule has 1 unspecified atom stereocenters. The van der Waals surface area contributed by atoms with Gasteiger partial charge in [-0.1, -0.05) is 23.7 Å². The predicted octanol–water partition coefficient (Wildman–Crippen LogP) is 3.21. The molecule has 2 aromatic rings. The number of aromatic nitrogens is 1. The van der Waals surface area contributed by atoms with Crippen molar-refractivity contribution in [3.63, 3.8) is 0 Å². The van der Waals surface area contributed by atoms with Crippen LogP contribution in [0.4, 0.5) is 5.69 Å². The fraction of sp³-hybridized carbons (Fsp3) is 0.214. The van der Waals surface area contributed by atoms with Gasteiger partial charge in [-0.2, -0.15) is 0 Å². The molecule has 1 aromatic heterocycles. The van der Waals surface area contributed by atoms with Gasteiger partial charge in [-0.25, -0.2) is 0 Å². The molecule has 0 fully saturated rings. The number of hydrogen-bond acceptors (Lipinski definition) is 2. The number of aryl methyl sites for hydroxylation is 1. The van der Waals surface area contributed by atoms with Gasteiger partial charge in [-0.05, 0) is 30.7 Å². The predicted molar refractivity (Wildman–Crippen MR) is 75.2 cm³/mol. The molecular formula is C14H15ClN2O. The fourth-order valence-electron chi connectivity index (χ4n) is 1.79. The van der Waals surface area contributed by atoms with Crippen LogP contribution in [0.15, 0.2) is 47.4 Å². The zero-order chi connectivity index (χ0) is 13.1. The summed E-state index contributed by atoms with van der Waals surface area (Å²) >= 11 is 5.96. The summed E-state index contributed by atoms with van der Waals surface area (Å²) in [6, 6.07) is 11.2. The van der Waals surface area contributed by atoms with Crippen LogP contribution in [0.25, 0.3) is 0 Å². The summed E-state index contributed by atoms with van der Waals surface area (Å²) in [5.41, 5.74) is 2.00. The Kier molecular flexibility index (Phi) is 3.72. The molecule has 0 spiro atoms. The van der Waals surface area contributed by atoms with Crippen molar-refractivity contribution >= 4 is 17.3 Å². The third-order valence-electron chi connectivity index (χ3n) is 2.82. The summed E-state index contributed by atoms with van der Waals surface area (Å²) in [6.07, 6.45) is 1.78. The first kappa shape index (κ1) is 12.7. The molecule has 2 rings (SSSR count). The summed E-state index contributed by atoms with van der Waals surface area (Å²) in [5, 5.41) is 4.06. The smallest absolute Gasteiger partial charge is 0.250 e. The average molecular weight is 263 g/mol. The molecule has 0 saturated heterocycles. The Morgan fingerprint density at radius 1 is 1.28 bits per heavy atom. The van der Waals surface area contributed by atoms with Crippen molar-refractivity contribution in [1.82, 2.24) is 4.57 Å². The summed E-state index contributed by atoms with van der Waals surface area (Å²) in [6.45, 7) is 2.05. The van der Waals surface area contributed by atoms with Crippen molar-refractivity contribution < 1.29 is 0 Å². The molecule has 0 aliphatic carbocycles. The molecule has 1 heterocycles. The molecule has 94 valence electrons. The van der Waals surface area contributed by atoms with E-state index in [0.29, 0.717) is 0 Å². The number of pyridine rings is 1. The summed E-state index contributed by atoms with van der Waals surface area (Å²) in [7, 11) is 1.73. The van der Waals surface area contributed by atoms with Crippen molar-refractivity contribution in [2.75, 3.05) is 5.32 Å². The number of anilines is 1. The van der Waals surface area contributed by atoms with Gasteiger partial charge in [0.05, 0.1) is 5.69 Å². The Balaban J connectivity index is 2.18. The molecule has 1 N–H and O–H groups in total. The standard InChI is InChI=1S/C14H15ClN2O/c1-10(11-4-3-5-12(15)8-11)16-13-6-7-14(18)17(2)9-13/h3-10,16H,1-2H3. The van der Waals surface area contributed by atoms with Gasteiger partial charge in [-0.15, -0.1) is 0 Å². The van der Waals surface area contributed by atoms with E-state index in [2.05, 4.69) is 12.2 Å². The maximum Gasteiger partial charge on any atom is 0.250 e. The largest absolute Gasteiger partial charge is 0.377 e. The Morgan fingerprint density at radius 3 is 2.72 bits per heavy atom. The lowest BCUT2D eigenvalue weighted by Gasteiger charge is -2.16. The van der Waals surface area contributed by atoms with Crippen LogP contribution in [0.3, 0.4) is 0 Å². The molecule has 18 heavy (non-hydrogen) atoms. The van der Waals surface area contributed by atoms with Gasteiger partial charge in [0.2, 0.25) is 5.56 Å². The third-order valence-corrected chi connectivity index (χ3v) is 3.05. The van der Waals surface area contributed by atoms with E-state index in [1.54, 1.807) is 29.9 Å². The lowest BCUT2D eigenvalue weighted by Crippen LogP contribution is -2.16. The van der Waals surface area contributed by atoms with Crippen LogP contribution in [-0.2, 0) is 7.05 Å². The van der Waals surface area contributed by atoms with E-state index in [1.165, 1.54) is 0 Å². The highest BCUT2D eigenvalue weighted by molar-refractivity contribution is 6.30. The zero-order valence-corrected chi connectivity index (χ0v) is 11.1. The topological polar surface area (TPSA) is 34.0 Å². The monoisotopic (exact) mass is 262 g/mol. The van der Waals surface area contributed by atoms with Crippen molar-refractivity contribution in [3.05, 3.63) is 63.5 Å². The molecule has 0 radical (unpaired) electrons. The molecule has 0 aliphatic heterocycles. The second-order valence-corrected chi connectivity index (χ2v) is 4.72. The van der Waals surface area contributed by atoms with Crippen LogP contribution in [0.2, 0.25) is 5.02 Å². The van der Waals surface area contributed by atoms with Crippen LogP contribution >= 0.6 is 11.6 Å². The molecule has 0 saturated carbocycles. The van der Waals surface area contributed by atoms with Crippen LogP contribution in [0, 0.1) is 0 Å². The summed E-state index contributed by atoms with van der Waals surface area (Å²) in [4.78, 5) is 11.3. The fourth-order valence-corrected chi connectivity index (χ4v) is 1.99. The normalized spacial score (nSPS) is 12.2. The van der Waals surface area contributed by atoms with Crippen LogP contribution in [0.5, 0.6) is 0 Å². The maximum atomic E-state index is 11.3. The maximum absolute atomic E-state index is 11.3. The van der Waals surface area contributed by atoms with Crippen LogP contribution in [0.1, 0.15) is 18.5 Å². The zero-order valence-electron chi connectivity index (χ0n) is 10.4. The number of nitrogens with one attached hydrogen (secondary N) is 1. The van der Waals surface area contributed by atoms with Crippen molar-refractivity contribution in [2.45, 2.75) is 13.0 Å². The van der Waals surface area contributed by atoms with E-state index >= 15 is 0 Å². The Morgan fingerprint density at radius 2 is 2.06 bits per heavy atom. The molecule has 0 aliphatic rings. The van der Waals surface area contributed by atoms with Gasteiger partial charge in [0.1, 0.15) is 0 Å². The van der Waals surface area contributed by atoms with Gasteiger partial charge in [-0.3, -0.25) is 4.79 Å². The number of nitrogens with zero attached hydrogens (tertiary/aromatic N) is 1. The minimum Gasteiger partial charge on any atom is -0.377 e. The summed E-state index contributed by atoms with van der Waals surface area (Å²) in [5.74, 6) is 0. The minimum absolute atomic E-state index is 0.0176. The van der Waals surface area contributed by atoms with E-state index in [1.807, 2.05) is 24.3 Å². The first-order valence-corrected chi connectivity index (χ1v) is 6.13. The molecule has 1 aromatic carbocycles. The van der Waals surface area contributed by atoms with Crippen LogP contribution < -0.4 is 10.9 Å². The molecule has 3 nitrogen and oxygen atoms in total. The number of halogens is 1. The third kappa shape index (κ3) is 2.93. The Labute approximate surface area is 111 Å². The first-order valence-electron chi connectivity index (χ1n) is 5.75. The molecule has 0 bridgehead atoms. The highest BCUT2D eigenvalue weighted by atomic mass is 35.5. The van der Waals surface area contributed by atoms with Crippen molar-refractivity contribution in [3.8, 4) is 0 Å². The highest BCUT2D eigenvalue weighted by Crippen LogP contribution is 2.21. The van der Waals surface area contributed by atoms with E-state index < -0.39 is 0 Å². The minimum atomic E-state index is -0.0176. The Bertz CT molecular complexity index is 607. The van der Waals surface area contributed by atoms with Gasteiger partial charge >= 0.3 is 0 Å². The van der Waals surface area contributed by atoms with Crippen molar-refractivity contribution in [1.29, 1.82) is 0 Å². The Hall–Kier alpha value is -1.74. The quantitative estimate of drug-likeness (QED) is 0.922. The van der Waals surface area contributed by atoms with E-state index in [-0.39, 0.29) is 11.6 Å². The highest BCUT2D eigenvalue weighted by Gasteiger charge is 2.06. The van der Waals surface area contributed by atoms with E-state index in [4.69, 9.17) is 11.6 Å². The lowest BCUT2D eigenvalue weighted by atomic mass is 10.1. The van der Waals surface area contributed by atoms with E-state index in [9.17, 15) is 4.79 Å². The second kappa shape index (κ2) is 5.27. The van der Waals surface area contributed by atoms with Crippen LogP contribution in [-0.4, -0.2) is 4.57 Å². The van der Waals surface area contributed by atoms with Crippen molar-refractivity contribution in [2.24, 2.45) is 7.05 Å².